The van der Waals surface area contributed by atoms with Gasteiger partial charge in [-0.15, -0.1) is 0 Å². The number of nitrogens with one attached hydrogen (secondary N) is 2. The van der Waals surface area contributed by atoms with Crippen molar-refractivity contribution in [3.05, 3.63) is 17.7 Å². The topological polar surface area (TPSA) is 81.2 Å². The van der Waals surface area contributed by atoms with Crippen molar-refractivity contribution in [3.8, 4) is 0 Å². The van der Waals surface area contributed by atoms with Gasteiger partial charge in [0.05, 0.1) is 30.8 Å². The largest absolute Gasteiger partial charge is 0.394 e. The van der Waals surface area contributed by atoms with Gasteiger partial charge in [-0.3, -0.25) is 0 Å². The normalized spacial score (nSPS) is 12.0. The molecule has 0 spiro atoms. The predicted molar refractivity (Wildman–Crippen MR) is 52.7 cm³/mol. The Balaban J connectivity index is 2.52. The molecule has 14 heavy (non-hydrogen) atoms. The molecule has 5 heteroatoms. The summed E-state index contributed by atoms with van der Waals surface area (Å²) < 4.78 is 0. The Bertz CT molecular complexity index is 281. The van der Waals surface area contributed by atoms with Crippen LogP contribution in [0, 0.1) is 6.92 Å². The Morgan fingerprint density at radius 3 is 2.57 bits per heavy atom. The molecule has 4 N–H and O–H groups in total. The molecule has 80 valence electrons. The number of H-pyrrole nitrogens is 1. The van der Waals surface area contributed by atoms with E-state index in [1.807, 2.05) is 6.92 Å². The fourth-order valence-corrected chi connectivity index (χ4v) is 1.02. The maximum atomic E-state index is 9.03. The molecule has 0 fully saturated rings. The second-order valence-corrected chi connectivity index (χ2v) is 3.70. The SMILES string of the molecule is Cc1[nH]cnc1CNC(C)(CO)CO. The van der Waals surface area contributed by atoms with Crippen LogP contribution in [0.2, 0.25) is 0 Å². The van der Waals surface area contributed by atoms with Gasteiger partial charge in [-0.2, -0.15) is 0 Å². The number of nitrogens with zero attached hydrogens (tertiary/aromatic N) is 1. The second kappa shape index (κ2) is 4.54. The quantitative estimate of drug-likeness (QED) is 0.518. The number of hydrogen-bond acceptors (Lipinski definition) is 4. The van der Waals surface area contributed by atoms with Crippen LogP contribution in [0.3, 0.4) is 0 Å². The fraction of sp³-hybridized carbons (Fsp3) is 0.667. The van der Waals surface area contributed by atoms with Gasteiger partial charge in [0, 0.05) is 12.2 Å². The zero-order valence-electron chi connectivity index (χ0n) is 8.54. The van der Waals surface area contributed by atoms with Gasteiger partial charge < -0.3 is 20.5 Å². The summed E-state index contributed by atoms with van der Waals surface area (Å²) in [4.78, 5) is 7.07. The van der Waals surface area contributed by atoms with E-state index >= 15 is 0 Å². The summed E-state index contributed by atoms with van der Waals surface area (Å²) in [6.45, 7) is 4.02. The van der Waals surface area contributed by atoms with Crippen molar-refractivity contribution in [2.75, 3.05) is 13.2 Å². The molecule has 0 saturated heterocycles. The monoisotopic (exact) mass is 199 g/mol. The Labute approximate surface area is 83.2 Å². The van der Waals surface area contributed by atoms with E-state index in [0.29, 0.717) is 6.54 Å². The van der Waals surface area contributed by atoms with Crippen molar-refractivity contribution in [2.24, 2.45) is 0 Å². The summed E-state index contributed by atoms with van der Waals surface area (Å²) >= 11 is 0. The fourth-order valence-electron chi connectivity index (χ4n) is 1.02. The van der Waals surface area contributed by atoms with Crippen LogP contribution in [0.1, 0.15) is 18.3 Å². The first-order valence-electron chi connectivity index (χ1n) is 4.57. The molecule has 0 aliphatic rings. The minimum Gasteiger partial charge on any atom is -0.394 e. The van der Waals surface area contributed by atoms with Gasteiger partial charge in [0.15, 0.2) is 0 Å². The number of aliphatic hydroxyl groups excluding tert-OH is 2. The Morgan fingerprint density at radius 1 is 1.50 bits per heavy atom. The van der Waals surface area contributed by atoms with Gasteiger partial charge in [-0.05, 0) is 13.8 Å². The molecule has 1 heterocycles. The van der Waals surface area contributed by atoms with Gasteiger partial charge >= 0.3 is 0 Å². The van der Waals surface area contributed by atoms with Crippen LogP contribution in [-0.4, -0.2) is 38.9 Å². The average molecular weight is 199 g/mol. The van der Waals surface area contributed by atoms with Crippen molar-refractivity contribution >= 4 is 0 Å². The highest BCUT2D eigenvalue weighted by atomic mass is 16.3. The molecule has 0 unspecified atom stereocenters. The van der Waals surface area contributed by atoms with Gasteiger partial charge in [-0.1, -0.05) is 0 Å². The number of aromatic nitrogens is 2. The lowest BCUT2D eigenvalue weighted by atomic mass is 10.1. The van der Waals surface area contributed by atoms with Gasteiger partial charge in [0.2, 0.25) is 0 Å². The number of imidazole rings is 1. The first kappa shape index (κ1) is 11.2. The minimum atomic E-state index is -0.647. The molecule has 5 nitrogen and oxygen atoms in total. The lowest BCUT2D eigenvalue weighted by Crippen LogP contribution is -2.48. The van der Waals surface area contributed by atoms with Crippen molar-refractivity contribution < 1.29 is 10.2 Å². The molecule has 0 atom stereocenters. The highest BCUT2D eigenvalue weighted by Gasteiger charge is 2.21. The second-order valence-electron chi connectivity index (χ2n) is 3.70. The van der Waals surface area contributed by atoms with Crippen LogP contribution in [0.25, 0.3) is 0 Å². The number of rotatable bonds is 5. The number of aryl methyl sites for hydroxylation is 1. The molecular formula is C9H17N3O2. The van der Waals surface area contributed by atoms with Crippen LogP contribution < -0.4 is 5.32 Å². The molecule has 1 rings (SSSR count). The van der Waals surface area contributed by atoms with E-state index in [4.69, 9.17) is 10.2 Å². The smallest absolute Gasteiger partial charge is 0.0925 e. The number of hydrogen-bond donors (Lipinski definition) is 4. The zero-order chi connectivity index (χ0) is 10.6. The van der Waals surface area contributed by atoms with Crippen molar-refractivity contribution in [1.29, 1.82) is 0 Å². The number of aromatic amines is 1. The third-order valence-electron chi connectivity index (χ3n) is 2.31. The lowest BCUT2D eigenvalue weighted by molar-refractivity contribution is 0.103. The molecule has 0 saturated carbocycles. The van der Waals surface area contributed by atoms with Crippen LogP contribution in [-0.2, 0) is 6.54 Å². The zero-order valence-corrected chi connectivity index (χ0v) is 8.54. The van der Waals surface area contributed by atoms with E-state index in [1.165, 1.54) is 0 Å². The summed E-state index contributed by atoms with van der Waals surface area (Å²) in [5.74, 6) is 0. The summed E-state index contributed by atoms with van der Waals surface area (Å²) in [7, 11) is 0. The van der Waals surface area contributed by atoms with E-state index in [2.05, 4.69) is 15.3 Å². The van der Waals surface area contributed by atoms with Crippen molar-refractivity contribution in [3.63, 3.8) is 0 Å². The third-order valence-corrected chi connectivity index (χ3v) is 2.31. The first-order valence-corrected chi connectivity index (χ1v) is 4.57. The first-order chi connectivity index (χ1) is 6.61. The van der Waals surface area contributed by atoms with Gasteiger partial charge in [-0.25, -0.2) is 4.98 Å². The number of aliphatic hydroxyl groups is 2. The summed E-state index contributed by atoms with van der Waals surface area (Å²) in [5, 5.41) is 21.1. The maximum Gasteiger partial charge on any atom is 0.0925 e. The van der Waals surface area contributed by atoms with Crippen LogP contribution in [0.5, 0.6) is 0 Å². The molecule has 0 aromatic carbocycles. The summed E-state index contributed by atoms with van der Waals surface area (Å²) in [5.41, 5.74) is 1.25. The highest BCUT2D eigenvalue weighted by molar-refractivity contribution is 5.08. The van der Waals surface area contributed by atoms with Crippen LogP contribution in [0.15, 0.2) is 6.33 Å². The molecule has 0 aliphatic carbocycles. The predicted octanol–water partition coefficient (Wildman–Crippen LogP) is -0.449. The van der Waals surface area contributed by atoms with E-state index in [-0.39, 0.29) is 13.2 Å². The molecule has 1 aromatic heterocycles. The van der Waals surface area contributed by atoms with Crippen molar-refractivity contribution in [2.45, 2.75) is 25.9 Å². The molecule has 0 bridgehead atoms. The van der Waals surface area contributed by atoms with E-state index in [0.717, 1.165) is 11.4 Å². The van der Waals surface area contributed by atoms with Gasteiger partial charge in [0.25, 0.3) is 0 Å². The molecule has 1 aromatic rings. The standard InChI is InChI=1S/C9H17N3O2/c1-7-8(11-6-10-7)3-12-9(2,4-13)5-14/h6,12-14H,3-5H2,1-2H3,(H,10,11). The van der Waals surface area contributed by atoms with E-state index in [1.54, 1.807) is 13.3 Å². The molecule has 0 radical (unpaired) electrons. The third kappa shape index (κ3) is 2.54. The maximum absolute atomic E-state index is 9.03. The van der Waals surface area contributed by atoms with E-state index in [9.17, 15) is 0 Å². The lowest BCUT2D eigenvalue weighted by Gasteiger charge is -2.25. The van der Waals surface area contributed by atoms with Crippen LogP contribution in [0.4, 0.5) is 0 Å². The Morgan fingerprint density at radius 2 is 2.14 bits per heavy atom. The highest BCUT2D eigenvalue weighted by Crippen LogP contribution is 2.05. The minimum absolute atomic E-state index is 0.104. The molecule has 0 aliphatic heterocycles. The van der Waals surface area contributed by atoms with Crippen molar-refractivity contribution in [1.82, 2.24) is 15.3 Å². The average Bonchev–Trinajstić information content (AvgIpc) is 2.61. The summed E-state index contributed by atoms with van der Waals surface area (Å²) in [6.07, 6.45) is 1.63. The molecule has 0 amide bonds. The Hall–Kier alpha value is -0.910. The Kier molecular flexibility index (Phi) is 3.62. The van der Waals surface area contributed by atoms with E-state index < -0.39 is 5.54 Å². The summed E-state index contributed by atoms with van der Waals surface area (Å²) in [6, 6.07) is 0. The molecular weight excluding hydrogens is 182 g/mol. The van der Waals surface area contributed by atoms with Gasteiger partial charge in [0.1, 0.15) is 0 Å². The van der Waals surface area contributed by atoms with Crippen LogP contribution >= 0.6 is 0 Å².